The normalized spacial score (nSPS) is 10.2. The summed E-state index contributed by atoms with van der Waals surface area (Å²) < 4.78 is 14.2. The smallest absolute Gasteiger partial charge is 0.256 e. The zero-order valence-electron chi connectivity index (χ0n) is 11.1. The molecule has 0 radical (unpaired) electrons. The Hall–Kier alpha value is -1.79. The molecule has 0 fully saturated rings. The minimum Gasteiger partial charge on any atom is -0.389 e. The second-order valence-electron chi connectivity index (χ2n) is 4.45. The summed E-state index contributed by atoms with van der Waals surface area (Å²) in [5.74, 6) is -0.816. The van der Waals surface area contributed by atoms with E-state index in [0.717, 1.165) is 10.0 Å². The average Bonchev–Trinajstić information content (AvgIpc) is 2.43. The molecule has 2 aromatic rings. The number of nitrogens with two attached hydrogens (primary N) is 1. The number of hydrogen-bond acceptors (Lipinski definition) is 2. The van der Waals surface area contributed by atoms with Crippen LogP contribution in [0.4, 0.5) is 10.1 Å². The van der Waals surface area contributed by atoms with Gasteiger partial charge in [-0.1, -0.05) is 24.4 Å². The van der Waals surface area contributed by atoms with E-state index in [1.165, 1.54) is 18.2 Å². The second kappa shape index (κ2) is 6.32. The van der Waals surface area contributed by atoms with Crippen molar-refractivity contribution in [3.63, 3.8) is 0 Å². The highest BCUT2D eigenvalue weighted by atomic mass is 79.9. The monoisotopic (exact) mass is 366 g/mol. The summed E-state index contributed by atoms with van der Waals surface area (Å²) in [6.45, 7) is 1.89. The van der Waals surface area contributed by atoms with Gasteiger partial charge in [0.15, 0.2) is 0 Å². The maximum Gasteiger partial charge on any atom is 0.256 e. The fourth-order valence-electron chi connectivity index (χ4n) is 1.81. The van der Waals surface area contributed by atoms with Crippen molar-refractivity contribution in [3.8, 4) is 0 Å². The fourth-order valence-corrected chi connectivity index (χ4v) is 2.41. The molecule has 0 bridgehead atoms. The molecule has 108 valence electrons. The van der Waals surface area contributed by atoms with E-state index in [4.69, 9.17) is 18.0 Å². The molecule has 0 aliphatic heterocycles. The van der Waals surface area contributed by atoms with Crippen LogP contribution in [0.5, 0.6) is 0 Å². The van der Waals surface area contributed by atoms with Crippen LogP contribution >= 0.6 is 28.1 Å². The molecule has 0 saturated heterocycles. The first-order chi connectivity index (χ1) is 9.90. The van der Waals surface area contributed by atoms with Crippen LogP contribution in [0.25, 0.3) is 0 Å². The van der Waals surface area contributed by atoms with Crippen LogP contribution in [0.3, 0.4) is 0 Å². The number of halogens is 2. The summed E-state index contributed by atoms with van der Waals surface area (Å²) >= 11 is 8.15. The highest BCUT2D eigenvalue weighted by Crippen LogP contribution is 2.23. The van der Waals surface area contributed by atoms with E-state index in [0.29, 0.717) is 11.3 Å². The van der Waals surface area contributed by atoms with Crippen LogP contribution in [-0.2, 0) is 0 Å². The number of rotatable bonds is 3. The predicted molar refractivity (Wildman–Crippen MR) is 89.1 cm³/mol. The van der Waals surface area contributed by atoms with E-state index in [1.54, 1.807) is 12.1 Å². The van der Waals surface area contributed by atoms with Crippen molar-refractivity contribution in [3.05, 3.63) is 63.4 Å². The summed E-state index contributed by atoms with van der Waals surface area (Å²) in [7, 11) is 0. The Morgan fingerprint density at radius 1 is 1.29 bits per heavy atom. The van der Waals surface area contributed by atoms with Gasteiger partial charge in [-0.15, -0.1) is 0 Å². The lowest BCUT2D eigenvalue weighted by Crippen LogP contribution is -2.15. The van der Waals surface area contributed by atoms with Crippen LogP contribution in [0.2, 0.25) is 0 Å². The van der Waals surface area contributed by atoms with Gasteiger partial charge in [0.25, 0.3) is 5.91 Å². The van der Waals surface area contributed by atoms with Crippen LogP contribution in [0.1, 0.15) is 21.5 Å². The topological polar surface area (TPSA) is 55.1 Å². The van der Waals surface area contributed by atoms with Gasteiger partial charge in [0.1, 0.15) is 10.8 Å². The van der Waals surface area contributed by atoms with Gasteiger partial charge in [-0.2, -0.15) is 0 Å². The van der Waals surface area contributed by atoms with Gasteiger partial charge in [0.05, 0.1) is 5.56 Å². The van der Waals surface area contributed by atoms with Crippen LogP contribution in [0.15, 0.2) is 40.9 Å². The molecule has 0 atom stereocenters. The van der Waals surface area contributed by atoms with Crippen molar-refractivity contribution in [2.24, 2.45) is 5.73 Å². The molecule has 6 heteroatoms. The molecular formula is C15H12BrFN2OS. The van der Waals surface area contributed by atoms with Crippen LogP contribution in [0, 0.1) is 12.7 Å². The molecule has 1 amide bonds. The molecule has 21 heavy (non-hydrogen) atoms. The Labute approximate surface area is 135 Å². The molecule has 0 aliphatic rings. The largest absolute Gasteiger partial charge is 0.389 e. The molecule has 0 unspecified atom stereocenters. The maximum atomic E-state index is 13.5. The van der Waals surface area contributed by atoms with Crippen LogP contribution in [-0.4, -0.2) is 10.9 Å². The Morgan fingerprint density at radius 3 is 2.67 bits per heavy atom. The lowest BCUT2D eigenvalue weighted by atomic mass is 10.1. The van der Waals surface area contributed by atoms with Gasteiger partial charge in [-0.05, 0) is 52.7 Å². The summed E-state index contributed by atoms with van der Waals surface area (Å²) in [5, 5.41) is 2.70. The summed E-state index contributed by atoms with van der Waals surface area (Å²) in [6, 6.07) is 9.47. The zero-order chi connectivity index (χ0) is 15.6. The Balaban J connectivity index is 2.30. The average molecular weight is 367 g/mol. The molecule has 0 aromatic heterocycles. The number of benzene rings is 2. The first kappa shape index (κ1) is 15.6. The Morgan fingerprint density at radius 2 is 2.00 bits per heavy atom. The summed E-state index contributed by atoms with van der Waals surface area (Å²) in [4.78, 5) is 12.2. The molecule has 2 aromatic carbocycles. The van der Waals surface area contributed by atoms with Crippen molar-refractivity contribution in [2.45, 2.75) is 6.92 Å². The molecule has 3 N–H and O–H groups in total. The number of amides is 1. The van der Waals surface area contributed by atoms with Gasteiger partial charge >= 0.3 is 0 Å². The van der Waals surface area contributed by atoms with E-state index >= 15 is 0 Å². The minimum absolute atomic E-state index is 0.0552. The third-order valence-electron chi connectivity index (χ3n) is 2.93. The van der Waals surface area contributed by atoms with Crippen LogP contribution < -0.4 is 11.1 Å². The van der Waals surface area contributed by atoms with Crippen molar-refractivity contribution in [1.29, 1.82) is 0 Å². The fraction of sp³-hybridized carbons (Fsp3) is 0.0667. The van der Waals surface area contributed by atoms with Crippen molar-refractivity contribution in [2.75, 3.05) is 5.32 Å². The molecule has 0 spiro atoms. The van der Waals surface area contributed by atoms with E-state index in [1.807, 2.05) is 13.0 Å². The number of nitrogens with one attached hydrogen (secondary N) is 1. The van der Waals surface area contributed by atoms with Gasteiger partial charge in [-0.25, -0.2) is 4.39 Å². The minimum atomic E-state index is -0.516. The van der Waals surface area contributed by atoms with Gasteiger partial charge in [-0.3, -0.25) is 4.79 Å². The Bertz CT molecular complexity index is 734. The number of hydrogen-bond donors (Lipinski definition) is 2. The molecule has 0 saturated carbocycles. The number of thiocarbonyl (C=S) groups is 1. The molecule has 0 heterocycles. The highest BCUT2D eigenvalue weighted by molar-refractivity contribution is 9.10. The zero-order valence-corrected chi connectivity index (χ0v) is 13.5. The molecular weight excluding hydrogens is 355 g/mol. The maximum absolute atomic E-state index is 13.5. The van der Waals surface area contributed by atoms with Gasteiger partial charge < -0.3 is 11.1 Å². The lowest BCUT2D eigenvalue weighted by Gasteiger charge is -2.10. The number of aryl methyl sites for hydroxylation is 1. The second-order valence-corrected chi connectivity index (χ2v) is 5.68. The summed E-state index contributed by atoms with van der Waals surface area (Å²) in [5.41, 5.74) is 7.42. The number of anilines is 1. The third-order valence-corrected chi connectivity index (χ3v) is 4.20. The first-order valence-electron chi connectivity index (χ1n) is 6.06. The Kier molecular flexibility index (Phi) is 4.69. The van der Waals surface area contributed by atoms with E-state index in [2.05, 4.69) is 21.2 Å². The van der Waals surface area contributed by atoms with Crippen molar-refractivity contribution in [1.82, 2.24) is 0 Å². The van der Waals surface area contributed by atoms with Gasteiger partial charge in [0, 0.05) is 15.7 Å². The van der Waals surface area contributed by atoms with Crippen molar-refractivity contribution < 1.29 is 9.18 Å². The molecule has 3 nitrogen and oxygen atoms in total. The highest BCUT2D eigenvalue weighted by Gasteiger charge is 2.13. The number of carbonyl (C=O) groups is 1. The molecule has 0 aliphatic carbocycles. The first-order valence-corrected chi connectivity index (χ1v) is 7.26. The van der Waals surface area contributed by atoms with E-state index in [-0.39, 0.29) is 16.5 Å². The third kappa shape index (κ3) is 3.46. The summed E-state index contributed by atoms with van der Waals surface area (Å²) in [6.07, 6.45) is 0. The SMILES string of the molecule is Cc1cccc(C(=O)Nc2ccc(F)c(C(N)=S)c2)c1Br. The molecule has 2 rings (SSSR count). The standard InChI is InChI=1S/C15H12BrFN2OS/c1-8-3-2-4-10(13(8)16)15(20)19-9-5-6-12(17)11(7-9)14(18)21/h2-7H,1H3,(H2,18,21)(H,19,20). The lowest BCUT2D eigenvalue weighted by molar-refractivity contribution is 0.102. The predicted octanol–water partition coefficient (Wildman–Crippen LogP) is 3.78. The van der Waals surface area contributed by atoms with E-state index in [9.17, 15) is 9.18 Å². The number of carbonyl (C=O) groups excluding carboxylic acids is 1. The van der Waals surface area contributed by atoms with E-state index < -0.39 is 5.82 Å². The quantitative estimate of drug-likeness (QED) is 0.812. The van der Waals surface area contributed by atoms with Crippen molar-refractivity contribution >= 4 is 44.7 Å². The van der Waals surface area contributed by atoms with Gasteiger partial charge in [0.2, 0.25) is 0 Å².